The zero-order valence-corrected chi connectivity index (χ0v) is 21.6. The third-order valence-electron chi connectivity index (χ3n) is 7.68. The van der Waals surface area contributed by atoms with E-state index in [4.69, 9.17) is 4.98 Å². The molecule has 5 rings (SSSR count). The maximum Gasteiger partial charge on any atom is 0.139 e. The molecule has 1 aliphatic carbocycles. The second kappa shape index (κ2) is 11.6. The highest BCUT2D eigenvalue weighted by Crippen LogP contribution is 2.40. The fourth-order valence-electron chi connectivity index (χ4n) is 5.54. The van der Waals surface area contributed by atoms with Crippen molar-refractivity contribution in [1.29, 1.82) is 0 Å². The highest BCUT2D eigenvalue weighted by atomic mass is 32.2. The van der Waals surface area contributed by atoms with Gasteiger partial charge in [0.1, 0.15) is 17.8 Å². The molecule has 3 aliphatic heterocycles. The molecule has 0 bridgehead atoms. The topological polar surface area (TPSA) is 77.8 Å². The number of nitrogens with zero attached hydrogens (tertiary/aromatic N) is 3. The first-order chi connectivity index (χ1) is 17.6. The number of aliphatic hydroxyl groups excluding tert-OH is 1. The number of aromatic nitrogens is 1. The van der Waals surface area contributed by atoms with Crippen LogP contribution in [0.25, 0.3) is 4.91 Å². The summed E-state index contributed by atoms with van der Waals surface area (Å²) >= 11 is 1.78. The van der Waals surface area contributed by atoms with Crippen molar-refractivity contribution in [2.75, 3.05) is 18.4 Å². The molecule has 36 heavy (non-hydrogen) atoms. The quantitative estimate of drug-likeness (QED) is 0.506. The molecule has 1 saturated carbocycles. The van der Waals surface area contributed by atoms with Gasteiger partial charge in [-0.2, -0.15) is 0 Å². The Labute approximate surface area is 218 Å². The van der Waals surface area contributed by atoms with E-state index in [1.807, 2.05) is 30.5 Å². The predicted octanol–water partition coefficient (Wildman–Crippen LogP) is 5.56. The van der Waals surface area contributed by atoms with Crippen molar-refractivity contribution >= 4 is 34.5 Å². The molecule has 0 spiro atoms. The maximum atomic E-state index is 13.0. The number of rotatable bonds is 7. The van der Waals surface area contributed by atoms with Crippen molar-refractivity contribution in [2.45, 2.75) is 63.6 Å². The third kappa shape index (κ3) is 6.01. The number of ketones is 1. The Bertz CT molecular complexity index is 1090. The smallest absolute Gasteiger partial charge is 0.139 e. The summed E-state index contributed by atoms with van der Waals surface area (Å²) in [6, 6.07) is 6.10. The lowest BCUT2D eigenvalue weighted by Crippen LogP contribution is -2.38. The molecule has 2 fully saturated rings. The number of likely N-dealkylation sites (tertiary alicyclic amines) is 1. The maximum absolute atomic E-state index is 13.0. The number of carbonyl (C=O) groups excluding carboxylic acids is 1. The highest BCUT2D eigenvalue weighted by molar-refractivity contribution is 8.11. The first-order valence-corrected chi connectivity index (χ1v) is 14.0. The Morgan fingerprint density at radius 2 is 1.89 bits per heavy atom. The number of dihydropyridines is 1. The zero-order chi connectivity index (χ0) is 24.9. The molecule has 1 aromatic rings. The number of aliphatic hydroxyl groups is 1. The van der Waals surface area contributed by atoms with Crippen LogP contribution in [0, 0.1) is 11.8 Å². The van der Waals surface area contributed by atoms with E-state index in [9.17, 15) is 9.90 Å². The minimum absolute atomic E-state index is 0.0307. The second-order valence-electron chi connectivity index (χ2n) is 10.1. The summed E-state index contributed by atoms with van der Waals surface area (Å²) in [5.41, 5.74) is 2.14. The summed E-state index contributed by atoms with van der Waals surface area (Å²) in [4.78, 5) is 26.0. The summed E-state index contributed by atoms with van der Waals surface area (Å²) in [6.07, 6.45) is 16.8. The standard InChI is InChI=1S/C29H36N4O2S/c1-2-20-13-16-30-27(19-20)32-26-7-3-5-24(31-26)25-6-4-8-28(36-25)33-17-14-22(15-18-33)29(35)21-9-11-23(34)12-10-21/h2-3,5-8,13,16,21-23,27,34H,1,4,9-12,14-15,17-19H2,(H,31,32). The van der Waals surface area contributed by atoms with Crippen LogP contribution >= 0.6 is 11.8 Å². The van der Waals surface area contributed by atoms with E-state index in [0.29, 0.717) is 5.78 Å². The van der Waals surface area contributed by atoms with Crippen LogP contribution in [-0.2, 0) is 4.79 Å². The van der Waals surface area contributed by atoms with Crippen molar-refractivity contribution in [3.8, 4) is 0 Å². The number of nitrogens with one attached hydrogen (secondary N) is 1. The van der Waals surface area contributed by atoms with E-state index in [2.05, 4.69) is 40.0 Å². The van der Waals surface area contributed by atoms with Crippen LogP contribution in [0.1, 0.15) is 57.1 Å². The number of anilines is 1. The number of piperidine rings is 1. The van der Waals surface area contributed by atoms with Crippen molar-refractivity contribution in [3.05, 3.63) is 65.4 Å². The summed E-state index contributed by atoms with van der Waals surface area (Å²) < 4.78 is 0. The number of pyridine rings is 1. The van der Waals surface area contributed by atoms with Crippen LogP contribution in [0.15, 0.2) is 64.7 Å². The molecule has 1 atom stereocenters. The SMILES string of the molecule is C=CC1=CC=NC(Nc2cccc(C3=CCC=C(N4CCC(C(=O)C5CCC(O)CC5)CC4)S3)n2)C1. The number of Topliss-reactive ketones (excluding diaryl/α,β-unsaturated/α-hetero) is 1. The number of hydrogen-bond donors (Lipinski definition) is 2. The first-order valence-electron chi connectivity index (χ1n) is 13.2. The number of thioether (sulfide) groups is 1. The van der Waals surface area contributed by atoms with Gasteiger partial charge < -0.3 is 15.3 Å². The molecule has 1 unspecified atom stereocenters. The molecule has 1 saturated heterocycles. The molecule has 1 aromatic heterocycles. The number of allylic oxidation sites excluding steroid dienone is 4. The molecule has 0 amide bonds. The highest BCUT2D eigenvalue weighted by Gasteiger charge is 2.33. The largest absolute Gasteiger partial charge is 0.393 e. The molecule has 0 aromatic carbocycles. The van der Waals surface area contributed by atoms with Gasteiger partial charge in [0, 0.05) is 42.5 Å². The van der Waals surface area contributed by atoms with Gasteiger partial charge in [0.2, 0.25) is 0 Å². The summed E-state index contributed by atoms with van der Waals surface area (Å²) in [7, 11) is 0. The summed E-state index contributed by atoms with van der Waals surface area (Å²) in [6.45, 7) is 5.71. The lowest BCUT2D eigenvalue weighted by atomic mass is 9.78. The molecule has 190 valence electrons. The van der Waals surface area contributed by atoms with Crippen LogP contribution < -0.4 is 5.32 Å². The van der Waals surface area contributed by atoms with Crippen LogP contribution in [0.5, 0.6) is 0 Å². The van der Waals surface area contributed by atoms with E-state index in [0.717, 1.165) is 76.0 Å². The van der Waals surface area contributed by atoms with E-state index in [1.54, 1.807) is 11.8 Å². The van der Waals surface area contributed by atoms with Gasteiger partial charge in [-0.25, -0.2) is 4.98 Å². The predicted molar refractivity (Wildman–Crippen MR) is 149 cm³/mol. The van der Waals surface area contributed by atoms with Gasteiger partial charge in [-0.1, -0.05) is 42.6 Å². The van der Waals surface area contributed by atoms with Crippen LogP contribution in [-0.4, -0.2) is 52.3 Å². The minimum atomic E-state index is -0.206. The second-order valence-corrected chi connectivity index (χ2v) is 11.2. The lowest BCUT2D eigenvalue weighted by molar-refractivity contribution is -0.129. The van der Waals surface area contributed by atoms with Gasteiger partial charge in [-0.3, -0.25) is 9.79 Å². The average Bonchev–Trinajstić information content (AvgIpc) is 2.93. The van der Waals surface area contributed by atoms with Gasteiger partial charge in [0.05, 0.1) is 16.8 Å². The van der Waals surface area contributed by atoms with Gasteiger partial charge in [0.15, 0.2) is 0 Å². The Morgan fingerprint density at radius 1 is 1.11 bits per heavy atom. The number of hydrogen-bond acceptors (Lipinski definition) is 7. The molecule has 6 nitrogen and oxygen atoms in total. The zero-order valence-electron chi connectivity index (χ0n) is 20.8. The minimum Gasteiger partial charge on any atom is -0.393 e. The number of aliphatic imine (C=N–C) groups is 1. The molecular formula is C29H36N4O2S. The first kappa shape index (κ1) is 25.0. The Balaban J connectivity index is 1.15. The van der Waals surface area contributed by atoms with E-state index < -0.39 is 0 Å². The fourth-order valence-corrected chi connectivity index (χ4v) is 6.66. The van der Waals surface area contributed by atoms with Gasteiger partial charge in [-0.15, -0.1) is 0 Å². The van der Waals surface area contributed by atoms with E-state index in [-0.39, 0.29) is 24.1 Å². The molecular weight excluding hydrogens is 468 g/mol. The summed E-state index contributed by atoms with van der Waals surface area (Å²) in [5, 5.41) is 14.5. The molecule has 0 radical (unpaired) electrons. The lowest BCUT2D eigenvalue weighted by Gasteiger charge is -2.37. The average molecular weight is 505 g/mol. The third-order valence-corrected chi connectivity index (χ3v) is 8.91. The van der Waals surface area contributed by atoms with E-state index >= 15 is 0 Å². The van der Waals surface area contributed by atoms with Crippen LogP contribution in [0.3, 0.4) is 0 Å². The fraction of sp³-hybridized carbons (Fsp3) is 0.483. The normalized spacial score (nSPS) is 27.1. The van der Waals surface area contributed by atoms with E-state index in [1.165, 1.54) is 15.5 Å². The van der Waals surface area contributed by atoms with Gasteiger partial charge >= 0.3 is 0 Å². The van der Waals surface area contributed by atoms with Gasteiger partial charge in [0.25, 0.3) is 0 Å². The number of carbonyl (C=O) groups is 1. The van der Waals surface area contributed by atoms with Crippen LogP contribution in [0.4, 0.5) is 5.82 Å². The Hall–Kier alpha value is -2.64. The van der Waals surface area contributed by atoms with Gasteiger partial charge in [-0.05, 0) is 68.7 Å². The van der Waals surface area contributed by atoms with Crippen LogP contribution in [0.2, 0.25) is 0 Å². The van der Waals surface area contributed by atoms with Crippen molar-refractivity contribution in [2.24, 2.45) is 16.8 Å². The molecule has 7 heteroatoms. The molecule has 2 N–H and O–H groups in total. The van der Waals surface area contributed by atoms with Crippen molar-refractivity contribution in [1.82, 2.24) is 9.88 Å². The molecule has 4 heterocycles. The Morgan fingerprint density at radius 3 is 2.67 bits per heavy atom. The van der Waals surface area contributed by atoms with Crippen molar-refractivity contribution in [3.63, 3.8) is 0 Å². The summed E-state index contributed by atoms with van der Waals surface area (Å²) in [5.74, 6) is 1.61. The Kier molecular flexibility index (Phi) is 8.07. The van der Waals surface area contributed by atoms with Crippen molar-refractivity contribution < 1.29 is 9.90 Å². The molecule has 4 aliphatic rings. The monoisotopic (exact) mass is 504 g/mol.